The van der Waals surface area contributed by atoms with Crippen LogP contribution in [0.3, 0.4) is 0 Å². The maximum atomic E-state index is 12.9. The molecule has 140 valence electrons. The summed E-state index contributed by atoms with van der Waals surface area (Å²) in [6.07, 6.45) is 2.74. The number of likely N-dealkylation sites (tertiary alicyclic amines) is 1. The van der Waals surface area contributed by atoms with Crippen molar-refractivity contribution in [1.29, 1.82) is 0 Å². The first-order chi connectivity index (χ1) is 13.7. The van der Waals surface area contributed by atoms with E-state index in [-0.39, 0.29) is 11.8 Å². The average molecular weight is 373 g/mol. The van der Waals surface area contributed by atoms with Gasteiger partial charge in [-0.2, -0.15) is 4.98 Å². The Bertz CT molecular complexity index is 1160. The Hall–Kier alpha value is -3.48. The van der Waals surface area contributed by atoms with Crippen LogP contribution in [-0.4, -0.2) is 43.6 Å². The second-order valence-electron chi connectivity index (χ2n) is 7.09. The second-order valence-corrected chi connectivity index (χ2v) is 7.09. The summed E-state index contributed by atoms with van der Waals surface area (Å²) >= 11 is 0. The van der Waals surface area contributed by atoms with Crippen LogP contribution in [0.4, 0.5) is 0 Å². The van der Waals surface area contributed by atoms with Crippen molar-refractivity contribution in [3.63, 3.8) is 0 Å². The molecule has 1 saturated heterocycles. The molecule has 5 rings (SSSR count). The van der Waals surface area contributed by atoms with Gasteiger partial charge in [-0.15, -0.1) is 0 Å². The number of pyridine rings is 1. The molecule has 28 heavy (non-hydrogen) atoms. The normalized spacial score (nSPS) is 16.8. The maximum Gasteiger partial charge on any atom is 0.272 e. The first kappa shape index (κ1) is 16.7. The van der Waals surface area contributed by atoms with Crippen LogP contribution in [0.1, 0.15) is 28.7 Å². The molecule has 0 N–H and O–H groups in total. The highest BCUT2D eigenvalue weighted by atomic mass is 16.5. The molecule has 4 heterocycles. The summed E-state index contributed by atoms with van der Waals surface area (Å²) in [5.41, 5.74) is 2.20. The highest BCUT2D eigenvalue weighted by molar-refractivity contribution is 5.95. The Morgan fingerprint density at radius 2 is 2.00 bits per heavy atom. The summed E-state index contributed by atoms with van der Waals surface area (Å²) in [5.74, 6) is 1.14. The van der Waals surface area contributed by atoms with Crippen LogP contribution >= 0.6 is 0 Å². The van der Waals surface area contributed by atoms with Crippen LogP contribution in [-0.2, 0) is 7.05 Å². The minimum atomic E-state index is -0.0598. The zero-order chi connectivity index (χ0) is 19.1. The van der Waals surface area contributed by atoms with E-state index in [4.69, 9.17) is 4.52 Å². The standard InChI is InChI=1S/C21H19N5O2/c1-25-11-4-7-18(25)19-23-20(28-24-19)15-10-12-26(13-15)21(27)17-9-8-14-5-2-3-6-16(14)22-17/h2-9,11,15H,10,12-13H2,1H3. The van der Waals surface area contributed by atoms with E-state index >= 15 is 0 Å². The van der Waals surface area contributed by atoms with Gasteiger partial charge >= 0.3 is 0 Å². The number of fused-ring (bicyclic) bond motifs is 1. The lowest BCUT2D eigenvalue weighted by molar-refractivity contribution is 0.0784. The zero-order valence-corrected chi connectivity index (χ0v) is 15.4. The minimum Gasteiger partial charge on any atom is -0.348 e. The van der Waals surface area contributed by atoms with Crippen LogP contribution in [0.5, 0.6) is 0 Å². The molecule has 1 fully saturated rings. The Labute approximate surface area is 161 Å². The maximum absolute atomic E-state index is 12.9. The Kier molecular flexibility index (Phi) is 3.93. The SMILES string of the molecule is Cn1cccc1-c1noc(C2CCN(C(=O)c3ccc4ccccc4n3)C2)n1. The van der Waals surface area contributed by atoms with E-state index < -0.39 is 0 Å². The summed E-state index contributed by atoms with van der Waals surface area (Å²) in [4.78, 5) is 23.8. The lowest BCUT2D eigenvalue weighted by Crippen LogP contribution is -2.29. The first-order valence-electron chi connectivity index (χ1n) is 9.29. The lowest BCUT2D eigenvalue weighted by atomic mass is 10.1. The van der Waals surface area contributed by atoms with Crippen LogP contribution < -0.4 is 0 Å². The summed E-state index contributed by atoms with van der Waals surface area (Å²) in [6.45, 7) is 1.21. The second kappa shape index (κ2) is 6.60. The van der Waals surface area contributed by atoms with Gasteiger partial charge in [0.1, 0.15) is 5.69 Å². The van der Waals surface area contributed by atoms with E-state index in [1.54, 1.807) is 6.07 Å². The van der Waals surface area contributed by atoms with Gasteiger partial charge < -0.3 is 14.0 Å². The molecule has 1 amide bonds. The summed E-state index contributed by atoms with van der Waals surface area (Å²) in [5, 5.41) is 5.13. The highest BCUT2D eigenvalue weighted by Crippen LogP contribution is 2.28. The number of aryl methyl sites for hydroxylation is 1. The third-order valence-corrected chi connectivity index (χ3v) is 5.26. The molecule has 1 atom stereocenters. The number of carbonyl (C=O) groups is 1. The highest BCUT2D eigenvalue weighted by Gasteiger charge is 2.32. The smallest absolute Gasteiger partial charge is 0.272 e. The number of nitrogens with zero attached hydrogens (tertiary/aromatic N) is 5. The largest absolute Gasteiger partial charge is 0.348 e. The summed E-state index contributed by atoms with van der Waals surface area (Å²) < 4.78 is 7.44. The van der Waals surface area contributed by atoms with E-state index in [0.717, 1.165) is 23.0 Å². The van der Waals surface area contributed by atoms with Gasteiger partial charge in [0, 0.05) is 31.7 Å². The molecule has 0 aliphatic carbocycles. The van der Waals surface area contributed by atoms with E-state index in [2.05, 4.69) is 15.1 Å². The van der Waals surface area contributed by atoms with Gasteiger partial charge in [-0.25, -0.2) is 4.98 Å². The van der Waals surface area contributed by atoms with Crippen LogP contribution in [0.25, 0.3) is 22.4 Å². The molecule has 1 aliphatic heterocycles. The van der Waals surface area contributed by atoms with Gasteiger partial charge in [0.05, 0.1) is 17.1 Å². The molecular weight excluding hydrogens is 354 g/mol. The number of para-hydroxylation sites is 1. The molecule has 4 aromatic rings. The number of amides is 1. The monoisotopic (exact) mass is 373 g/mol. The van der Waals surface area contributed by atoms with E-state index in [9.17, 15) is 4.79 Å². The van der Waals surface area contributed by atoms with Gasteiger partial charge in [0.2, 0.25) is 11.7 Å². The van der Waals surface area contributed by atoms with Gasteiger partial charge in [-0.05, 0) is 30.7 Å². The molecule has 7 heteroatoms. The average Bonchev–Trinajstić information content (AvgIpc) is 3.47. The Balaban J connectivity index is 1.33. The van der Waals surface area contributed by atoms with Gasteiger partial charge in [0.15, 0.2) is 0 Å². The fourth-order valence-corrected chi connectivity index (χ4v) is 3.69. The van der Waals surface area contributed by atoms with Crippen molar-refractivity contribution in [1.82, 2.24) is 24.6 Å². The first-order valence-corrected chi connectivity index (χ1v) is 9.29. The molecule has 1 unspecified atom stereocenters. The van der Waals surface area contributed by atoms with Crippen LogP contribution in [0.15, 0.2) is 59.3 Å². The fraction of sp³-hybridized carbons (Fsp3) is 0.238. The van der Waals surface area contributed by atoms with E-state index in [1.807, 2.05) is 65.2 Å². The van der Waals surface area contributed by atoms with Crippen molar-refractivity contribution in [3.05, 3.63) is 66.3 Å². The summed E-state index contributed by atoms with van der Waals surface area (Å²) in [6, 6.07) is 15.4. The zero-order valence-electron chi connectivity index (χ0n) is 15.4. The molecule has 3 aromatic heterocycles. The number of aromatic nitrogens is 4. The van der Waals surface area contributed by atoms with Crippen molar-refractivity contribution in [2.24, 2.45) is 7.05 Å². The number of rotatable bonds is 3. The van der Waals surface area contributed by atoms with Gasteiger partial charge in [-0.1, -0.05) is 29.4 Å². The molecule has 7 nitrogen and oxygen atoms in total. The molecule has 0 spiro atoms. The molecule has 0 saturated carbocycles. The predicted molar refractivity (Wildman–Crippen MR) is 104 cm³/mol. The predicted octanol–water partition coefficient (Wildman–Crippen LogP) is 3.25. The molecule has 1 aromatic carbocycles. The Morgan fingerprint density at radius 1 is 1.11 bits per heavy atom. The van der Waals surface area contributed by atoms with E-state index in [0.29, 0.717) is 30.5 Å². The van der Waals surface area contributed by atoms with Crippen LogP contribution in [0, 0.1) is 0 Å². The Morgan fingerprint density at radius 3 is 2.86 bits per heavy atom. The quantitative estimate of drug-likeness (QED) is 0.551. The molecule has 0 radical (unpaired) electrons. The van der Waals surface area contributed by atoms with Gasteiger partial charge in [0.25, 0.3) is 5.91 Å². The van der Waals surface area contributed by atoms with Crippen molar-refractivity contribution in [2.45, 2.75) is 12.3 Å². The van der Waals surface area contributed by atoms with Gasteiger partial charge in [-0.3, -0.25) is 4.79 Å². The van der Waals surface area contributed by atoms with Crippen molar-refractivity contribution >= 4 is 16.8 Å². The van der Waals surface area contributed by atoms with Crippen molar-refractivity contribution in [3.8, 4) is 11.5 Å². The number of hydrogen-bond donors (Lipinski definition) is 0. The number of hydrogen-bond acceptors (Lipinski definition) is 5. The van der Waals surface area contributed by atoms with E-state index in [1.165, 1.54) is 0 Å². The van der Waals surface area contributed by atoms with Crippen molar-refractivity contribution in [2.75, 3.05) is 13.1 Å². The van der Waals surface area contributed by atoms with Crippen LogP contribution in [0.2, 0.25) is 0 Å². The lowest BCUT2D eigenvalue weighted by Gasteiger charge is -2.15. The fourth-order valence-electron chi connectivity index (χ4n) is 3.69. The molecular formula is C21H19N5O2. The third kappa shape index (κ3) is 2.85. The van der Waals surface area contributed by atoms with Crippen molar-refractivity contribution < 1.29 is 9.32 Å². The summed E-state index contributed by atoms with van der Waals surface area (Å²) in [7, 11) is 1.94. The molecule has 1 aliphatic rings. The number of carbonyl (C=O) groups excluding carboxylic acids is 1. The number of benzene rings is 1. The topological polar surface area (TPSA) is 77.0 Å². The third-order valence-electron chi connectivity index (χ3n) is 5.26. The molecule has 0 bridgehead atoms. The minimum absolute atomic E-state index is 0.0472.